The number of methoxy groups -OCH3 is 1. The third kappa shape index (κ3) is 3.94. The molecule has 0 spiro atoms. The largest absolute Gasteiger partial charge is 0.496 e. The van der Waals surface area contributed by atoms with Gasteiger partial charge in [-0.25, -0.2) is 4.68 Å². The van der Waals surface area contributed by atoms with Gasteiger partial charge in [-0.3, -0.25) is 14.2 Å². The normalized spacial score (nSPS) is 10.9. The molecule has 0 radical (unpaired) electrons. The molecule has 1 N–H and O–H groups in total. The van der Waals surface area contributed by atoms with Crippen LogP contribution in [0.3, 0.4) is 0 Å². The fourth-order valence-corrected chi connectivity index (χ4v) is 3.81. The molecule has 31 heavy (non-hydrogen) atoms. The zero-order valence-electron chi connectivity index (χ0n) is 17.8. The van der Waals surface area contributed by atoms with Crippen LogP contribution in [0.1, 0.15) is 16.8 Å². The number of carbonyl (C=O) groups is 1. The molecule has 0 unspecified atom stereocenters. The molecule has 7 heteroatoms. The van der Waals surface area contributed by atoms with Gasteiger partial charge in [-0.2, -0.15) is 5.10 Å². The summed E-state index contributed by atoms with van der Waals surface area (Å²) in [5.41, 5.74) is 3.71. The minimum Gasteiger partial charge on any atom is -0.496 e. The molecule has 158 valence electrons. The van der Waals surface area contributed by atoms with Crippen molar-refractivity contribution >= 4 is 16.9 Å². The fraction of sp³-hybridized carbons (Fsp3) is 0.208. The summed E-state index contributed by atoms with van der Waals surface area (Å²) in [6.07, 6.45) is 0. The Hall–Kier alpha value is -3.87. The summed E-state index contributed by atoms with van der Waals surface area (Å²) >= 11 is 0. The molecule has 0 aliphatic carbocycles. The molecular weight excluding hydrogens is 392 g/mol. The molecule has 4 aromatic rings. The standard InChI is InChI=1S/C24H24N4O3/c1-16-13-22(30)27(15-21(29)25-14-18-9-7-8-12-20(18)31-3)24-23(16)17(2)26-28(24)19-10-5-4-6-11-19/h4-13H,14-15H2,1-3H3,(H,25,29). The van der Waals surface area contributed by atoms with Gasteiger partial charge in [0.1, 0.15) is 17.9 Å². The average Bonchev–Trinajstić information content (AvgIpc) is 3.13. The van der Waals surface area contributed by atoms with Crippen LogP contribution in [0, 0.1) is 13.8 Å². The molecule has 0 atom stereocenters. The molecule has 1 amide bonds. The van der Waals surface area contributed by atoms with Crippen molar-refractivity contribution in [2.75, 3.05) is 7.11 Å². The van der Waals surface area contributed by atoms with E-state index in [4.69, 9.17) is 4.74 Å². The maximum Gasteiger partial charge on any atom is 0.252 e. The van der Waals surface area contributed by atoms with Crippen LogP contribution < -0.4 is 15.6 Å². The Bertz CT molecular complexity index is 1310. The number of nitrogens with zero attached hydrogens (tertiary/aromatic N) is 3. The highest BCUT2D eigenvalue weighted by atomic mass is 16.5. The Morgan fingerprint density at radius 1 is 1.06 bits per heavy atom. The first-order valence-electron chi connectivity index (χ1n) is 10.0. The van der Waals surface area contributed by atoms with E-state index >= 15 is 0 Å². The van der Waals surface area contributed by atoms with E-state index < -0.39 is 0 Å². The van der Waals surface area contributed by atoms with E-state index in [0.29, 0.717) is 17.9 Å². The zero-order valence-corrected chi connectivity index (χ0v) is 17.8. The summed E-state index contributed by atoms with van der Waals surface area (Å²) in [4.78, 5) is 25.7. The van der Waals surface area contributed by atoms with Gasteiger partial charge in [0.25, 0.3) is 5.56 Å². The van der Waals surface area contributed by atoms with Gasteiger partial charge in [0.2, 0.25) is 5.91 Å². The average molecular weight is 416 g/mol. The van der Waals surface area contributed by atoms with Crippen LogP contribution in [0.2, 0.25) is 0 Å². The lowest BCUT2D eigenvalue weighted by Crippen LogP contribution is -2.32. The Morgan fingerprint density at radius 3 is 2.52 bits per heavy atom. The predicted molar refractivity (Wildman–Crippen MR) is 120 cm³/mol. The number of fused-ring (bicyclic) bond motifs is 1. The summed E-state index contributed by atoms with van der Waals surface area (Å²) < 4.78 is 8.54. The second-order valence-electron chi connectivity index (χ2n) is 7.37. The van der Waals surface area contributed by atoms with Crippen LogP contribution in [-0.4, -0.2) is 27.4 Å². The minimum absolute atomic E-state index is 0.108. The van der Waals surface area contributed by atoms with Gasteiger partial charge >= 0.3 is 0 Å². The van der Waals surface area contributed by atoms with E-state index in [1.54, 1.807) is 17.9 Å². The predicted octanol–water partition coefficient (Wildman–Crippen LogP) is 3.13. The van der Waals surface area contributed by atoms with E-state index in [0.717, 1.165) is 27.9 Å². The lowest BCUT2D eigenvalue weighted by atomic mass is 10.1. The number of nitrogens with one attached hydrogen (secondary N) is 1. The topological polar surface area (TPSA) is 78.2 Å². The van der Waals surface area contributed by atoms with E-state index in [1.165, 1.54) is 4.57 Å². The summed E-state index contributed by atoms with van der Waals surface area (Å²) in [7, 11) is 1.59. The maximum atomic E-state index is 12.9. The molecule has 2 aromatic heterocycles. The van der Waals surface area contributed by atoms with Crippen molar-refractivity contribution in [3.63, 3.8) is 0 Å². The van der Waals surface area contributed by atoms with E-state index in [9.17, 15) is 9.59 Å². The van der Waals surface area contributed by atoms with E-state index in [-0.39, 0.29) is 18.0 Å². The van der Waals surface area contributed by atoms with Crippen LogP contribution in [0.4, 0.5) is 0 Å². The van der Waals surface area contributed by atoms with Crippen LogP contribution in [0.15, 0.2) is 65.5 Å². The summed E-state index contributed by atoms with van der Waals surface area (Å²) in [5, 5.41) is 8.42. The third-order valence-corrected chi connectivity index (χ3v) is 5.26. The van der Waals surface area contributed by atoms with Crippen LogP contribution in [-0.2, 0) is 17.9 Å². The van der Waals surface area contributed by atoms with E-state index in [1.807, 2.05) is 68.4 Å². The molecule has 0 bridgehead atoms. The first-order chi connectivity index (χ1) is 15.0. The number of benzene rings is 2. The van der Waals surface area contributed by atoms with Crippen molar-refractivity contribution in [2.45, 2.75) is 26.9 Å². The zero-order chi connectivity index (χ0) is 22.0. The van der Waals surface area contributed by atoms with Crippen molar-refractivity contribution in [3.8, 4) is 11.4 Å². The van der Waals surface area contributed by atoms with Gasteiger partial charge < -0.3 is 10.1 Å². The van der Waals surface area contributed by atoms with Crippen molar-refractivity contribution in [2.24, 2.45) is 0 Å². The van der Waals surface area contributed by atoms with Crippen molar-refractivity contribution in [1.82, 2.24) is 19.7 Å². The van der Waals surface area contributed by atoms with E-state index in [2.05, 4.69) is 10.4 Å². The molecule has 2 aromatic carbocycles. The van der Waals surface area contributed by atoms with Crippen molar-refractivity contribution in [3.05, 3.63) is 87.8 Å². The Kier molecular flexibility index (Phi) is 5.58. The molecular formula is C24H24N4O3. The minimum atomic E-state index is -0.267. The SMILES string of the molecule is COc1ccccc1CNC(=O)Cn1c(=O)cc(C)c2c(C)nn(-c3ccccc3)c21. The fourth-order valence-electron chi connectivity index (χ4n) is 3.81. The molecule has 0 aliphatic heterocycles. The number of hydrogen-bond acceptors (Lipinski definition) is 4. The number of carbonyl (C=O) groups excluding carboxylic acids is 1. The molecule has 7 nitrogen and oxygen atoms in total. The Labute approximate surface area is 179 Å². The number of rotatable bonds is 6. The molecule has 0 aliphatic rings. The van der Waals surface area contributed by atoms with Crippen molar-refractivity contribution in [1.29, 1.82) is 0 Å². The third-order valence-electron chi connectivity index (χ3n) is 5.26. The second kappa shape index (κ2) is 8.47. The number of pyridine rings is 1. The number of hydrogen-bond donors (Lipinski definition) is 1. The number of amides is 1. The van der Waals surface area contributed by atoms with Gasteiger partial charge in [0, 0.05) is 23.6 Å². The lowest BCUT2D eigenvalue weighted by Gasteiger charge is -2.13. The molecule has 4 rings (SSSR count). The summed E-state index contributed by atoms with van der Waals surface area (Å²) in [5.74, 6) is 0.437. The molecule has 0 saturated carbocycles. The van der Waals surface area contributed by atoms with Crippen LogP contribution in [0.5, 0.6) is 5.75 Å². The van der Waals surface area contributed by atoms with Crippen LogP contribution >= 0.6 is 0 Å². The molecule has 0 fully saturated rings. The first-order valence-corrected chi connectivity index (χ1v) is 10.0. The summed E-state index contributed by atoms with van der Waals surface area (Å²) in [6.45, 7) is 4.00. The van der Waals surface area contributed by atoms with Gasteiger partial charge in [0.15, 0.2) is 0 Å². The van der Waals surface area contributed by atoms with Crippen LogP contribution in [0.25, 0.3) is 16.7 Å². The van der Waals surface area contributed by atoms with Gasteiger partial charge in [0.05, 0.1) is 18.5 Å². The second-order valence-corrected chi connectivity index (χ2v) is 7.37. The van der Waals surface area contributed by atoms with Crippen molar-refractivity contribution < 1.29 is 9.53 Å². The quantitative estimate of drug-likeness (QED) is 0.524. The van der Waals surface area contributed by atoms with Gasteiger partial charge in [-0.15, -0.1) is 0 Å². The summed E-state index contributed by atoms with van der Waals surface area (Å²) in [6, 6.07) is 18.6. The number of aryl methyl sites for hydroxylation is 2. The monoisotopic (exact) mass is 416 g/mol. The lowest BCUT2D eigenvalue weighted by molar-refractivity contribution is -0.121. The smallest absolute Gasteiger partial charge is 0.252 e. The highest BCUT2D eigenvalue weighted by molar-refractivity contribution is 5.85. The molecule has 0 saturated heterocycles. The number of para-hydroxylation sites is 2. The highest BCUT2D eigenvalue weighted by Gasteiger charge is 2.18. The number of aromatic nitrogens is 3. The number of ether oxygens (including phenoxy) is 1. The van der Waals surface area contributed by atoms with Gasteiger partial charge in [-0.05, 0) is 37.6 Å². The van der Waals surface area contributed by atoms with Gasteiger partial charge in [-0.1, -0.05) is 36.4 Å². The maximum absolute atomic E-state index is 12.9. The highest BCUT2D eigenvalue weighted by Crippen LogP contribution is 2.23. The Balaban J connectivity index is 1.70. The molecule has 2 heterocycles. The first kappa shape index (κ1) is 20.4. The Morgan fingerprint density at radius 2 is 1.77 bits per heavy atom.